The van der Waals surface area contributed by atoms with Crippen LogP contribution < -0.4 is 21.3 Å². The van der Waals surface area contributed by atoms with Gasteiger partial charge in [0.05, 0.1) is 0 Å². The van der Waals surface area contributed by atoms with Crippen molar-refractivity contribution in [2.24, 2.45) is 23.7 Å². The molecule has 0 unspecified atom stereocenters. The molecular weight excluding hydrogens is 1720 g/mol. The molecule has 18 nitrogen and oxygen atoms in total. The summed E-state index contributed by atoms with van der Waals surface area (Å²) in [5.41, 5.74) is 15.5. The minimum atomic E-state index is -0.252. The smallest absolute Gasteiger partial charge is 0.289 e. The van der Waals surface area contributed by atoms with Crippen LogP contribution in [0.3, 0.4) is 0 Å². The molecule has 0 saturated carbocycles. The third-order valence-electron chi connectivity index (χ3n) is 27.0. The van der Waals surface area contributed by atoms with E-state index in [0.717, 1.165) is 177 Å². The van der Waals surface area contributed by atoms with Gasteiger partial charge in [0.25, 0.3) is 23.6 Å². The van der Waals surface area contributed by atoms with Gasteiger partial charge in [0.15, 0.2) is 5.82 Å². The predicted molar refractivity (Wildman–Crippen MR) is 537 cm³/mol. The lowest BCUT2D eigenvalue weighted by molar-refractivity contribution is -0.126. The molecule has 0 radical (unpaired) electrons. The summed E-state index contributed by atoms with van der Waals surface area (Å²) in [5.74, 6) is 1.54. The first kappa shape index (κ1) is 95.7. The molecule has 4 aliphatic heterocycles. The Morgan fingerprint density at radius 2 is 0.743 bits per heavy atom. The maximum Gasteiger partial charge on any atom is 0.289 e. The molecule has 11 aromatic carbocycles. The normalized spacial score (nSPS) is 14.7. The summed E-state index contributed by atoms with van der Waals surface area (Å²) in [5, 5.41) is 17.7. The standard InChI is InChI=1S/C31H34FN3O.C30H32FN3O.C29H30FN3O.C24H25ClN4O2/c1-23-6-8-24(9-7-23)14-17-33-21-25-15-18-34(19-16-25)31(36)30-20-27-4-2-3-5-29(27)35(30)22-26-10-12-28(32)13-11-26;1-22(25-7-3-2-4-8-25)32-20-23-15-17-33(18-16-23)30(35)29-19-26-9-5-6-10-28(26)34(29)21-24-11-13-27(31)14-12-24;30-26-12-10-24(11-13-26)21-33-27-9-5-4-8-25(27)18-28(33)29(34)32-16-14-23(15-17-32)20-31-19-22-6-2-1-3-7-22;25-21-8-6-19(7-9-21)17-29-15-12-26-22(29)24(31)28-13-10-20(11-14-28)23(30)27-16-18-4-2-1-3-5-18/h2-13,20,25,33H,14-19,21-22H2,1H3;2-14,19,22-23,32H,15-18,20-21H2,1H3;1-13,18,23,31H,14-17,19-21H2;1-9,12,15,20H,10-11,13-14,16-17H2,(H,27,30)/t;22-;;/m.1../s1. The number of aryl methyl sites for hydroxylation is 1. The Kier molecular flexibility index (Phi) is 33.2. The zero-order chi connectivity index (χ0) is 94.1. The summed E-state index contributed by atoms with van der Waals surface area (Å²) in [6.07, 6.45) is 11.8. The minimum absolute atomic E-state index is 0.0557. The minimum Gasteiger partial charge on any atom is -0.352 e. The van der Waals surface area contributed by atoms with Gasteiger partial charge in [-0.25, -0.2) is 18.2 Å². The molecule has 19 rings (SSSR count). The molecule has 15 aromatic rings. The van der Waals surface area contributed by atoms with Gasteiger partial charge in [-0.2, -0.15) is 0 Å². The maximum atomic E-state index is 13.6. The first-order valence-electron chi connectivity index (χ1n) is 47.9. The first-order chi connectivity index (χ1) is 66.4. The Morgan fingerprint density at radius 3 is 1.18 bits per heavy atom. The van der Waals surface area contributed by atoms with Gasteiger partial charge in [0.1, 0.15) is 34.5 Å². The first-order valence-corrected chi connectivity index (χ1v) is 48.3. The number of nitrogens with zero attached hydrogens (tertiary/aromatic N) is 9. The van der Waals surface area contributed by atoms with Crippen molar-refractivity contribution in [3.8, 4) is 0 Å². The number of carbonyl (C=O) groups is 5. The predicted octanol–water partition coefficient (Wildman–Crippen LogP) is 21.1. The van der Waals surface area contributed by atoms with Crippen molar-refractivity contribution in [2.45, 2.75) is 117 Å². The van der Waals surface area contributed by atoms with Crippen molar-refractivity contribution >= 4 is 73.8 Å². The van der Waals surface area contributed by atoms with Crippen LogP contribution in [0, 0.1) is 48.0 Å². The number of nitrogens with one attached hydrogen (secondary N) is 4. The van der Waals surface area contributed by atoms with E-state index < -0.39 is 0 Å². The number of aromatic nitrogens is 5. The average Bonchev–Trinajstić information content (AvgIpc) is 1.64. The summed E-state index contributed by atoms with van der Waals surface area (Å²) < 4.78 is 48.3. The molecule has 0 aliphatic carbocycles. The number of likely N-dealkylation sites (tertiary alicyclic amines) is 4. The van der Waals surface area contributed by atoms with Gasteiger partial charge in [-0.3, -0.25) is 24.0 Å². The number of benzene rings is 11. The van der Waals surface area contributed by atoms with E-state index in [0.29, 0.717) is 110 Å². The van der Waals surface area contributed by atoms with Crippen molar-refractivity contribution < 1.29 is 37.1 Å². The van der Waals surface area contributed by atoms with Crippen LogP contribution in [0.15, 0.2) is 316 Å². The second-order valence-electron chi connectivity index (χ2n) is 36.5. The van der Waals surface area contributed by atoms with Crippen LogP contribution in [0.5, 0.6) is 0 Å². The summed E-state index contributed by atoms with van der Waals surface area (Å²) in [7, 11) is 0. The lowest BCUT2D eigenvalue weighted by Crippen LogP contribution is -2.43. The molecule has 0 bridgehead atoms. The molecule has 8 heterocycles. The second kappa shape index (κ2) is 47.2. The number of carbonyl (C=O) groups excluding carboxylic acids is 5. The van der Waals surface area contributed by atoms with E-state index in [2.05, 4.69) is 127 Å². The highest BCUT2D eigenvalue weighted by atomic mass is 35.5. The fourth-order valence-electron chi connectivity index (χ4n) is 18.8. The van der Waals surface area contributed by atoms with E-state index in [1.54, 1.807) is 47.5 Å². The monoisotopic (exact) mass is 1840 g/mol. The van der Waals surface area contributed by atoms with E-state index in [1.807, 2.05) is 183 Å². The number of imidazole rings is 1. The Morgan fingerprint density at radius 1 is 0.382 bits per heavy atom. The third-order valence-corrected chi connectivity index (χ3v) is 27.2. The SMILES string of the molecule is C[C@@H](NCC1CCN(C(=O)c2cc3ccccc3n2Cc2ccc(F)cc2)CC1)c1ccccc1.Cc1ccc(CCNCC2CCN(C(=O)c3cc4ccccc4n3Cc3ccc(F)cc3)CC2)cc1.O=C(NCc1ccccc1)C1CCN(C(=O)c2nccn2Cc2ccc(Cl)cc2)CC1.O=C(c1cc2ccccc2n1Cc1ccc(F)cc1)N1CCC(CNCc2ccccc2)CC1. The summed E-state index contributed by atoms with van der Waals surface area (Å²) >= 11 is 5.95. The molecule has 4 aliphatic rings. The zero-order valence-corrected chi connectivity index (χ0v) is 78.3. The van der Waals surface area contributed by atoms with Crippen LogP contribution in [0.2, 0.25) is 5.02 Å². The Hall–Kier alpha value is -13.4. The molecule has 0 spiro atoms. The van der Waals surface area contributed by atoms with E-state index in [9.17, 15) is 37.1 Å². The highest BCUT2D eigenvalue weighted by molar-refractivity contribution is 6.30. The Labute approximate surface area is 800 Å². The van der Waals surface area contributed by atoms with Crippen LogP contribution >= 0.6 is 11.6 Å². The van der Waals surface area contributed by atoms with Gasteiger partial charge in [-0.05, 0) is 245 Å². The van der Waals surface area contributed by atoms with E-state index >= 15 is 0 Å². The number of rotatable bonds is 28. The summed E-state index contributed by atoms with van der Waals surface area (Å²) in [6.45, 7) is 17.5. The van der Waals surface area contributed by atoms with Gasteiger partial charge < -0.3 is 59.1 Å². The van der Waals surface area contributed by atoms with Gasteiger partial charge >= 0.3 is 0 Å². The number of hydrogen-bond donors (Lipinski definition) is 4. The molecule has 5 amide bonds. The molecule has 1 atom stereocenters. The van der Waals surface area contributed by atoms with E-state index in [1.165, 1.54) is 58.7 Å². The fourth-order valence-corrected chi connectivity index (χ4v) is 19.0. The maximum absolute atomic E-state index is 13.6. The zero-order valence-electron chi connectivity index (χ0n) is 77.6. The third kappa shape index (κ3) is 25.8. The largest absolute Gasteiger partial charge is 0.352 e. The van der Waals surface area contributed by atoms with Crippen molar-refractivity contribution in [2.75, 3.05) is 78.5 Å². The quantitative estimate of drug-likeness (QED) is 0.0347. The Bertz CT molecular complexity index is 6400. The fraction of sp³-hybridized carbons (Fsp3) is 0.298. The van der Waals surface area contributed by atoms with Crippen LogP contribution in [0.1, 0.15) is 156 Å². The molecule has 700 valence electrons. The lowest BCUT2D eigenvalue weighted by Gasteiger charge is -2.33. The summed E-state index contributed by atoms with van der Waals surface area (Å²) in [4.78, 5) is 78.4. The topological polar surface area (TPSA) is 179 Å². The van der Waals surface area contributed by atoms with Crippen LogP contribution in [0.4, 0.5) is 13.2 Å². The average molecular weight is 1850 g/mol. The molecule has 136 heavy (non-hydrogen) atoms. The number of amides is 5. The molecule has 4 aromatic heterocycles. The second-order valence-corrected chi connectivity index (χ2v) is 36.9. The van der Waals surface area contributed by atoms with Crippen LogP contribution in [-0.2, 0) is 50.5 Å². The van der Waals surface area contributed by atoms with Gasteiger partial charge in [-0.1, -0.05) is 236 Å². The molecular formula is C114H121ClF3N13O5. The number of fused-ring (bicyclic) bond motifs is 3. The number of piperidine rings is 4. The van der Waals surface area contributed by atoms with Crippen molar-refractivity contribution in [3.63, 3.8) is 0 Å². The molecule has 22 heteroatoms. The van der Waals surface area contributed by atoms with Crippen LogP contribution in [0.25, 0.3) is 32.7 Å². The van der Waals surface area contributed by atoms with Crippen molar-refractivity contribution in [1.29, 1.82) is 0 Å². The van der Waals surface area contributed by atoms with E-state index in [-0.39, 0.29) is 52.9 Å². The van der Waals surface area contributed by atoms with Crippen LogP contribution in [-0.4, -0.2) is 151 Å². The highest BCUT2D eigenvalue weighted by Crippen LogP contribution is 2.32. The number of hydrogen-bond acceptors (Lipinski definition) is 9. The summed E-state index contributed by atoms with van der Waals surface area (Å²) in [6, 6.07) is 97.2. The Balaban J connectivity index is 0.000000132. The van der Waals surface area contributed by atoms with Gasteiger partial charge in [0.2, 0.25) is 5.91 Å². The lowest BCUT2D eigenvalue weighted by atomic mass is 9.95. The van der Waals surface area contributed by atoms with Crippen molar-refractivity contribution in [1.82, 2.24) is 64.1 Å². The molecule has 4 fully saturated rings. The highest BCUT2D eigenvalue weighted by Gasteiger charge is 2.33. The van der Waals surface area contributed by atoms with Crippen molar-refractivity contribution in [3.05, 3.63) is 411 Å². The van der Waals surface area contributed by atoms with E-state index in [4.69, 9.17) is 11.6 Å². The molecule has 4 N–H and O–H groups in total. The number of halogens is 4. The number of para-hydroxylation sites is 3. The van der Waals surface area contributed by atoms with Gasteiger partial charge in [-0.15, -0.1) is 0 Å². The van der Waals surface area contributed by atoms with Gasteiger partial charge in [0, 0.05) is 154 Å². The molecule has 4 saturated heterocycles.